The van der Waals surface area contributed by atoms with Crippen LogP contribution in [0.1, 0.15) is 12.8 Å². The molecule has 104 valence electrons. The average Bonchev–Trinajstić information content (AvgIpc) is 2.33. The van der Waals surface area contributed by atoms with Crippen molar-refractivity contribution < 1.29 is 29.0 Å². The summed E-state index contributed by atoms with van der Waals surface area (Å²) in [6.07, 6.45) is -0.106. The maximum Gasteiger partial charge on any atom is 0.326 e. The standard InChI is InChI=1S/C10H18N2O6/c1-17-6-5-11-10(16)12-7(9(14)15)3-4-8(13)18-2/h7H,3-6H2,1-2H3,(H,14,15)(H2,11,12,16)/t7-/m0/s1. The Bertz CT molecular complexity index is 294. The summed E-state index contributed by atoms with van der Waals surface area (Å²) in [7, 11) is 2.69. The van der Waals surface area contributed by atoms with E-state index >= 15 is 0 Å². The summed E-state index contributed by atoms with van der Waals surface area (Å²) < 4.78 is 9.11. The molecule has 0 bridgehead atoms. The molecule has 0 aliphatic heterocycles. The first-order valence-electron chi connectivity index (χ1n) is 5.34. The minimum Gasteiger partial charge on any atom is -0.480 e. The lowest BCUT2D eigenvalue weighted by Gasteiger charge is -2.14. The molecule has 0 aromatic rings. The van der Waals surface area contributed by atoms with Crippen LogP contribution in [0.25, 0.3) is 0 Å². The Morgan fingerprint density at radius 2 is 1.94 bits per heavy atom. The fourth-order valence-electron chi connectivity index (χ4n) is 1.10. The van der Waals surface area contributed by atoms with E-state index in [-0.39, 0.29) is 19.4 Å². The van der Waals surface area contributed by atoms with Crippen molar-refractivity contribution >= 4 is 18.0 Å². The Labute approximate surface area is 105 Å². The van der Waals surface area contributed by atoms with Crippen LogP contribution in [0.4, 0.5) is 4.79 Å². The van der Waals surface area contributed by atoms with E-state index in [1.54, 1.807) is 0 Å². The molecule has 0 saturated carbocycles. The number of urea groups is 1. The van der Waals surface area contributed by atoms with Crippen LogP contribution in [-0.2, 0) is 19.1 Å². The fraction of sp³-hybridized carbons (Fsp3) is 0.700. The normalized spacial score (nSPS) is 11.4. The minimum atomic E-state index is -1.21. The number of carbonyl (C=O) groups is 3. The number of carbonyl (C=O) groups excluding carboxylic acids is 2. The summed E-state index contributed by atoms with van der Waals surface area (Å²) in [5.41, 5.74) is 0. The highest BCUT2D eigenvalue weighted by Crippen LogP contribution is 1.99. The second kappa shape index (κ2) is 9.23. The third kappa shape index (κ3) is 7.44. The van der Waals surface area contributed by atoms with Gasteiger partial charge in [-0.15, -0.1) is 0 Å². The smallest absolute Gasteiger partial charge is 0.326 e. The number of ether oxygens (including phenoxy) is 2. The van der Waals surface area contributed by atoms with Crippen LogP contribution in [0.3, 0.4) is 0 Å². The van der Waals surface area contributed by atoms with Gasteiger partial charge >= 0.3 is 18.0 Å². The van der Waals surface area contributed by atoms with Crippen molar-refractivity contribution in [2.24, 2.45) is 0 Å². The van der Waals surface area contributed by atoms with Gasteiger partial charge < -0.3 is 25.2 Å². The molecule has 0 fully saturated rings. The van der Waals surface area contributed by atoms with Crippen LogP contribution in [-0.4, -0.2) is 56.5 Å². The quantitative estimate of drug-likeness (QED) is 0.395. The monoisotopic (exact) mass is 262 g/mol. The van der Waals surface area contributed by atoms with E-state index in [4.69, 9.17) is 9.84 Å². The number of nitrogens with one attached hydrogen (secondary N) is 2. The van der Waals surface area contributed by atoms with E-state index in [0.29, 0.717) is 6.61 Å². The molecule has 0 heterocycles. The van der Waals surface area contributed by atoms with Gasteiger partial charge in [-0.3, -0.25) is 4.79 Å². The Morgan fingerprint density at radius 3 is 2.44 bits per heavy atom. The van der Waals surface area contributed by atoms with Gasteiger partial charge in [0.15, 0.2) is 0 Å². The highest BCUT2D eigenvalue weighted by Gasteiger charge is 2.20. The van der Waals surface area contributed by atoms with Crippen molar-refractivity contribution in [3.05, 3.63) is 0 Å². The molecule has 2 amide bonds. The SMILES string of the molecule is COCCNC(=O)N[C@@H](CCC(=O)OC)C(=O)O. The largest absolute Gasteiger partial charge is 0.480 e. The topological polar surface area (TPSA) is 114 Å². The van der Waals surface area contributed by atoms with Gasteiger partial charge in [-0.1, -0.05) is 0 Å². The first kappa shape index (κ1) is 16.2. The molecule has 0 aromatic carbocycles. The fourth-order valence-corrected chi connectivity index (χ4v) is 1.10. The van der Waals surface area contributed by atoms with Crippen LogP contribution in [0.2, 0.25) is 0 Å². The second-order valence-electron chi connectivity index (χ2n) is 3.40. The van der Waals surface area contributed by atoms with Gasteiger partial charge in [0.1, 0.15) is 6.04 Å². The van der Waals surface area contributed by atoms with E-state index in [2.05, 4.69) is 15.4 Å². The molecular formula is C10H18N2O6. The number of esters is 1. The van der Waals surface area contributed by atoms with Crippen LogP contribution >= 0.6 is 0 Å². The summed E-state index contributed by atoms with van der Waals surface area (Å²) >= 11 is 0. The lowest BCUT2D eigenvalue weighted by atomic mass is 10.1. The summed E-state index contributed by atoms with van der Waals surface area (Å²) in [5.74, 6) is -1.73. The maximum absolute atomic E-state index is 11.3. The Balaban J connectivity index is 4.06. The number of rotatable bonds is 8. The molecule has 8 nitrogen and oxygen atoms in total. The van der Waals surface area contributed by atoms with Crippen molar-refractivity contribution in [3.63, 3.8) is 0 Å². The van der Waals surface area contributed by atoms with Gasteiger partial charge in [0.05, 0.1) is 13.7 Å². The highest BCUT2D eigenvalue weighted by molar-refractivity contribution is 5.83. The van der Waals surface area contributed by atoms with Gasteiger partial charge in [-0.2, -0.15) is 0 Å². The molecule has 0 aliphatic carbocycles. The molecule has 3 N–H and O–H groups in total. The number of hydrogen-bond donors (Lipinski definition) is 3. The van der Waals surface area contributed by atoms with Crippen LogP contribution in [0, 0.1) is 0 Å². The predicted octanol–water partition coefficient (Wildman–Crippen LogP) is -0.662. The summed E-state index contributed by atoms with van der Waals surface area (Å²) in [6, 6.07) is -1.75. The van der Waals surface area contributed by atoms with Crippen LogP contribution in [0.15, 0.2) is 0 Å². The highest BCUT2D eigenvalue weighted by atomic mass is 16.5. The lowest BCUT2D eigenvalue weighted by Crippen LogP contribution is -2.46. The van der Waals surface area contributed by atoms with Crippen LogP contribution in [0.5, 0.6) is 0 Å². The zero-order chi connectivity index (χ0) is 14.0. The van der Waals surface area contributed by atoms with Gasteiger partial charge in [-0.25, -0.2) is 9.59 Å². The summed E-state index contributed by atoms with van der Waals surface area (Å²) in [6.45, 7) is 0.596. The Kier molecular flexibility index (Phi) is 8.29. The van der Waals surface area contributed by atoms with Crippen molar-refractivity contribution in [2.45, 2.75) is 18.9 Å². The average molecular weight is 262 g/mol. The first-order chi connectivity index (χ1) is 8.51. The van der Waals surface area contributed by atoms with E-state index < -0.39 is 24.0 Å². The minimum absolute atomic E-state index is 0.0281. The second-order valence-corrected chi connectivity index (χ2v) is 3.40. The number of methoxy groups -OCH3 is 2. The summed E-state index contributed by atoms with van der Waals surface area (Å²) in [4.78, 5) is 33.0. The molecule has 0 rings (SSSR count). The molecule has 18 heavy (non-hydrogen) atoms. The zero-order valence-corrected chi connectivity index (χ0v) is 10.4. The maximum atomic E-state index is 11.3. The number of hydrogen-bond acceptors (Lipinski definition) is 5. The number of carboxylic acid groups (broad SMARTS) is 1. The van der Waals surface area contributed by atoms with Crippen molar-refractivity contribution in [1.29, 1.82) is 0 Å². The van der Waals surface area contributed by atoms with Gasteiger partial charge in [-0.05, 0) is 6.42 Å². The van der Waals surface area contributed by atoms with E-state index in [1.807, 2.05) is 0 Å². The molecule has 0 saturated heterocycles. The van der Waals surface area contributed by atoms with Crippen molar-refractivity contribution in [3.8, 4) is 0 Å². The zero-order valence-electron chi connectivity index (χ0n) is 10.4. The summed E-state index contributed by atoms with van der Waals surface area (Å²) in [5, 5.41) is 13.5. The Morgan fingerprint density at radius 1 is 1.28 bits per heavy atom. The third-order valence-electron chi connectivity index (χ3n) is 2.06. The molecule has 0 unspecified atom stereocenters. The van der Waals surface area contributed by atoms with E-state index in [1.165, 1.54) is 14.2 Å². The Hall–Kier alpha value is -1.83. The molecule has 0 aromatic heterocycles. The van der Waals surface area contributed by atoms with Crippen molar-refractivity contribution in [2.75, 3.05) is 27.4 Å². The van der Waals surface area contributed by atoms with Gasteiger partial charge in [0.25, 0.3) is 0 Å². The van der Waals surface area contributed by atoms with E-state index in [9.17, 15) is 14.4 Å². The van der Waals surface area contributed by atoms with E-state index in [0.717, 1.165) is 0 Å². The predicted molar refractivity (Wildman–Crippen MR) is 61.1 cm³/mol. The van der Waals surface area contributed by atoms with Gasteiger partial charge in [0, 0.05) is 20.1 Å². The first-order valence-corrected chi connectivity index (χ1v) is 5.34. The lowest BCUT2D eigenvalue weighted by molar-refractivity contribution is -0.142. The van der Waals surface area contributed by atoms with Gasteiger partial charge in [0.2, 0.25) is 0 Å². The number of aliphatic carboxylic acids is 1. The molecule has 8 heteroatoms. The molecule has 1 atom stereocenters. The van der Waals surface area contributed by atoms with Crippen LogP contribution < -0.4 is 10.6 Å². The molecular weight excluding hydrogens is 244 g/mol. The molecule has 0 spiro atoms. The number of amides is 2. The number of carboxylic acids is 1. The van der Waals surface area contributed by atoms with Crippen molar-refractivity contribution in [1.82, 2.24) is 10.6 Å². The molecule has 0 aliphatic rings. The molecule has 0 radical (unpaired) electrons. The third-order valence-corrected chi connectivity index (χ3v) is 2.06.